The smallest absolute Gasteiger partial charge is 0.101 e. The number of rotatable bonds is 8. The van der Waals surface area contributed by atoms with Gasteiger partial charge in [0.1, 0.15) is 12.1 Å². The standard InChI is InChI=1S/C34H24N4/c1-23(15-25(19-35)20-36)27-7-3-9-29(17-27)31-11-5-14-34-32(12-6-13-33(31)34)30-10-4-8-28(18-30)24(2)16-26(21-37)22-38/h3-19,21,35,37H,1-2H2/b25-15+,26-16+,35-19?,37-21?. The Labute approximate surface area is 222 Å². The van der Waals surface area contributed by atoms with E-state index in [4.69, 9.17) is 21.3 Å². The van der Waals surface area contributed by atoms with Gasteiger partial charge < -0.3 is 10.8 Å². The van der Waals surface area contributed by atoms with Crippen molar-refractivity contribution >= 4 is 34.3 Å². The van der Waals surface area contributed by atoms with E-state index in [1.165, 1.54) is 0 Å². The van der Waals surface area contributed by atoms with Crippen molar-refractivity contribution in [3.63, 3.8) is 0 Å². The van der Waals surface area contributed by atoms with Gasteiger partial charge in [-0.15, -0.1) is 0 Å². The molecule has 2 N–H and O–H groups in total. The molecule has 0 aliphatic carbocycles. The van der Waals surface area contributed by atoms with Crippen molar-refractivity contribution in [2.24, 2.45) is 0 Å². The summed E-state index contributed by atoms with van der Waals surface area (Å²) in [5.41, 5.74) is 7.79. The number of allylic oxidation sites excluding steroid dienone is 6. The summed E-state index contributed by atoms with van der Waals surface area (Å²) >= 11 is 0. The van der Waals surface area contributed by atoms with E-state index in [0.29, 0.717) is 11.1 Å². The second-order valence-electron chi connectivity index (χ2n) is 8.63. The highest BCUT2D eigenvalue weighted by Crippen LogP contribution is 2.36. The number of fused-ring (bicyclic) bond motifs is 1. The van der Waals surface area contributed by atoms with Gasteiger partial charge in [-0.2, -0.15) is 10.5 Å². The van der Waals surface area contributed by atoms with Crippen LogP contribution in [0.4, 0.5) is 0 Å². The third kappa shape index (κ3) is 5.31. The van der Waals surface area contributed by atoms with Crippen LogP contribution in [-0.2, 0) is 0 Å². The zero-order valence-electron chi connectivity index (χ0n) is 20.7. The first-order valence-electron chi connectivity index (χ1n) is 11.8. The van der Waals surface area contributed by atoms with Crippen LogP contribution in [0.2, 0.25) is 0 Å². The minimum Gasteiger partial charge on any atom is -0.307 e. The van der Waals surface area contributed by atoms with Gasteiger partial charge in [0.15, 0.2) is 0 Å². The van der Waals surface area contributed by atoms with Crippen LogP contribution in [0.15, 0.2) is 121 Å². The number of nitrogens with one attached hydrogen (secondary N) is 2. The second-order valence-corrected chi connectivity index (χ2v) is 8.63. The largest absolute Gasteiger partial charge is 0.307 e. The number of nitriles is 2. The molecule has 4 rings (SSSR count). The SMILES string of the molecule is C=C(/C=C(/C#N)C=N)c1cccc(-c2cccc3c(-c4cccc(C(=C)/C=C(/C#N)C=N)c4)cccc23)c1. The van der Waals surface area contributed by atoms with Crippen LogP contribution in [0, 0.1) is 33.5 Å². The molecular weight excluding hydrogens is 464 g/mol. The van der Waals surface area contributed by atoms with Crippen molar-refractivity contribution < 1.29 is 0 Å². The number of benzene rings is 4. The fraction of sp³-hybridized carbons (Fsp3) is 0. The quantitative estimate of drug-likeness (QED) is 0.148. The summed E-state index contributed by atoms with van der Waals surface area (Å²) in [5, 5.41) is 35.3. The van der Waals surface area contributed by atoms with Gasteiger partial charge >= 0.3 is 0 Å². The van der Waals surface area contributed by atoms with Crippen LogP contribution in [0.25, 0.3) is 44.2 Å². The van der Waals surface area contributed by atoms with E-state index >= 15 is 0 Å². The minimum atomic E-state index is 0.247. The summed E-state index contributed by atoms with van der Waals surface area (Å²) < 4.78 is 0. The molecule has 0 radical (unpaired) electrons. The molecule has 4 nitrogen and oxygen atoms in total. The van der Waals surface area contributed by atoms with E-state index in [1.54, 1.807) is 12.2 Å². The van der Waals surface area contributed by atoms with E-state index in [0.717, 1.165) is 56.6 Å². The summed E-state index contributed by atoms with van der Waals surface area (Å²) in [4.78, 5) is 0. The summed E-state index contributed by atoms with van der Waals surface area (Å²) in [5.74, 6) is 0. The third-order valence-electron chi connectivity index (χ3n) is 6.24. The highest BCUT2D eigenvalue weighted by atomic mass is 14.3. The maximum Gasteiger partial charge on any atom is 0.101 e. The fourth-order valence-electron chi connectivity index (χ4n) is 4.34. The molecule has 0 spiro atoms. The van der Waals surface area contributed by atoms with Crippen LogP contribution < -0.4 is 0 Å². The van der Waals surface area contributed by atoms with Crippen molar-refractivity contribution in [1.29, 1.82) is 21.3 Å². The lowest BCUT2D eigenvalue weighted by Crippen LogP contribution is -1.89. The molecule has 0 atom stereocenters. The van der Waals surface area contributed by atoms with Gasteiger partial charge in [-0.05, 0) is 79.6 Å². The Kier molecular flexibility index (Phi) is 7.68. The third-order valence-corrected chi connectivity index (χ3v) is 6.24. The van der Waals surface area contributed by atoms with Crippen molar-refractivity contribution in [2.45, 2.75) is 0 Å². The van der Waals surface area contributed by atoms with Crippen molar-refractivity contribution in [1.82, 2.24) is 0 Å². The summed E-state index contributed by atoms with van der Waals surface area (Å²) in [6.07, 6.45) is 5.28. The van der Waals surface area contributed by atoms with Gasteiger partial charge in [-0.25, -0.2) is 0 Å². The molecule has 0 unspecified atom stereocenters. The summed E-state index contributed by atoms with van der Waals surface area (Å²) in [6, 6.07) is 32.5. The summed E-state index contributed by atoms with van der Waals surface area (Å²) in [6.45, 7) is 8.18. The number of hydrogen-bond donors (Lipinski definition) is 2. The molecule has 0 aliphatic heterocycles. The Morgan fingerprint density at radius 1 is 0.605 bits per heavy atom. The molecule has 180 valence electrons. The van der Waals surface area contributed by atoms with Crippen LogP contribution in [0.1, 0.15) is 11.1 Å². The Bertz CT molecular complexity index is 1620. The monoisotopic (exact) mass is 488 g/mol. The fourth-order valence-corrected chi connectivity index (χ4v) is 4.34. The maximum absolute atomic E-state index is 9.16. The van der Waals surface area contributed by atoms with Crippen LogP contribution in [0.3, 0.4) is 0 Å². The molecule has 4 aromatic rings. The van der Waals surface area contributed by atoms with E-state index in [1.807, 2.05) is 60.7 Å². The molecule has 0 amide bonds. The molecular formula is C34H24N4. The molecule has 0 bridgehead atoms. The van der Waals surface area contributed by atoms with E-state index in [-0.39, 0.29) is 11.1 Å². The van der Waals surface area contributed by atoms with Crippen molar-refractivity contribution in [3.8, 4) is 34.4 Å². The van der Waals surface area contributed by atoms with Crippen LogP contribution >= 0.6 is 0 Å². The average Bonchev–Trinajstić information content (AvgIpc) is 2.97. The number of nitrogens with zero attached hydrogens (tertiary/aromatic N) is 2. The zero-order chi connectivity index (χ0) is 27.1. The molecule has 0 saturated heterocycles. The van der Waals surface area contributed by atoms with E-state index < -0.39 is 0 Å². The van der Waals surface area contributed by atoms with Crippen LogP contribution in [-0.4, -0.2) is 12.4 Å². The lowest BCUT2D eigenvalue weighted by atomic mass is 9.91. The Hall–Kier alpha value is -5.58. The van der Waals surface area contributed by atoms with Gasteiger partial charge in [-0.3, -0.25) is 0 Å². The molecule has 38 heavy (non-hydrogen) atoms. The molecule has 0 aliphatic rings. The normalized spacial score (nSPS) is 11.3. The Morgan fingerprint density at radius 3 is 1.37 bits per heavy atom. The minimum absolute atomic E-state index is 0.247. The van der Waals surface area contributed by atoms with Gasteiger partial charge in [0.25, 0.3) is 0 Å². The lowest BCUT2D eigenvalue weighted by molar-refractivity contribution is 1.49. The predicted molar refractivity (Wildman–Crippen MR) is 158 cm³/mol. The predicted octanol–water partition coefficient (Wildman–Crippen LogP) is 8.40. The van der Waals surface area contributed by atoms with Crippen molar-refractivity contribution in [2.75, 3.05) is 0 Å². The Morgan fingerprint density at radius 2 is 1.00 bits per heavy atom. The van der Waals surface area contributed by atoms with E-state index in [9.17, 15) is 0 Å². The molecule has 0 fully saturated rings. The van der Waals surface area contributed by atoms with Gasteiger partial charge in [0.05, 0.1) is 11.1 Å². The first-order valence-corrected chi connectivity index (χ1v) is 11.8. The van der Waals surface area contributed by atoms with Gasteiger partial charge in [0, 0.05) is 12.4 Å². The molecule has 0 aromatic heterocycles. The Balaban J connectivity index is 1.79. The van der Waals surface area contributed by atoms with Crippen molar-refractivity contribution in [3.05, 3.63) is 133 Å². The number of hydrogen-bond acceptors (Lipinski definition) is 4. The van der Waals surface area contributed by atoms with Gasteiger partial charge in [0.2, 0.25) is 0 Å². The topological polar surface area (TPSA) is 95.3 Å². The molecule has 4 heteroatoms. The van der Waals surface area contributed by atoms with Gasteiger partial charge in [-0.1, -0.05) is 86.0 Å². The first-order chi connectivity index (χ1) is 18.5. The zero-order valence-corrected chi connectivity index (χ0v) is 20.7. The van der Waals surface area contributed by atoms with Crippen LogP contribution in [0.5, 0.6) is 0 Å². The second kappa shape index (κ2) is 11.4. The molecule has 0 saturated carbocycles. The molecule has 4 aromatic carbocycles. The lowest BCUT2D eigenvalue weighted by Gasteiger charge is -2.13. The maximum atomic E-state index is 9.16. The molecule has 0 heterocycles. The average molecular weight is 489 g/mol. The van der Waals surface area contributed by atoms with E-state index in [2.05, 4.69) is 49.6 Å². The highest BCUT2D eigenvalue weighted by Gasteiger charge is 2.10. The first kappa shape index (κ1) is 25.5. The highest BCUT2D eigenvalue weighted by molar-refractivity contribution is 6.05. The summed E-state index contributed by atoms with van der Waals surface area (Å²) in [7, 11) is 0.